The maximum atomic E-state index is 5.78. The molecule has 0 saturated carbocycles. The zero-order valence-electron chi connectivity index (χ0n) is 12.2. The molecule has 0 radical (unpaired) electrons. The van der Waals surface area contributed by atoms with Crippen LogP contribution in [0.5, 0.6) is 0 Å². The summed E-state index contributed by atoms with van der Waals surface area (Å²) in [6.45, 7) is 12.3. The van der Waals surface area contributed by atoms with E-state index in [1.165, 1.54) is 0 Å². The lowest BCUT2D eigenvalue weighted by atomic mass is 10.1. The Kier molecular flexibility index (Phi) is 7.82. The van der Waals surface area contributed by atoms with Crippen LogP contribution in [0.2, 0.25) is 0 Å². The fraction of sp³-hybridized carbons (Fsp3) is 1.00. The minimum Gasteiger partial charge on any atom is -0.376 e. The smallest absolute Gasteiger partial charge is 0.0832 e. The molecule has 4 nitrogen and oxygen atoms in total. The van der Waals surface area contributed by atoms with E-state index in [0.29, 0.717) is 51.5 Å². The zero-order valence-corrected chi connectivity index (χ0v) is 12.2. The Morgan fingerprint density at radius 3 is 1.39 bits per heavy atom. The molecule has 0 spiro atoms. The van der Waals surface area contributed by atoms with Gasteiger partial charge in [-0.05, 0) is 11.8 Å². The Hall–Kier alpha value is -0.160. The Morgan fingerprint density at radius 1 is 0.667 bits per heavy atom. The molecule has 0 aliphatic carbocycles. The van der Waals surface area contributed by atoms with Gasteiger partial charge in [0.25, 0.3) is 0 Å². The quantitative estimate of drug-likeness (QED) is 0.762. The zero-order chi connectivity index (χ0) is 13.4. The van der Waals surface area contributed by atoms with Gasteiger partial charge in [0.1, 0.15) is 0 Å². The molecule has 18 heavy (non-hydrogen) atoms. The van der Waals surface area contributed by atoms with Crippen LogP contribution in [0.1, 0.15) is 27.7 Å². The van der Waals surface area contributed by atoms with Crippen LogP contribution in [0.4, 0.5) is 0 Å². The second kappa shape index (κ2) is 8.86. The summed E-state index contributed by atoms with van der Waals surface area (Å²) in [5.74, 6) is 0.912. The maximum absolute atomic E-state index is 5.78. The van der Waals surface area contributed by atoms with Crippen molar-refractivity contribution >= 4 is 0 Å². The second-order valence-electron chi connectivity index (χ2n) is 5.46. The molecule has 4 heteroatoms. The first-order valence-corrected chi connectivity index (χ1v) is 7.00. The maximum Gasteiger partial charge on any atom is 0.0832 e. The Balaban J connectivity index is 2.38. The summed E-state index contributed by atoms with van der Waals surface area (Å²) < 4.78 is 22.8. The van der Waals surface area contributed by atoms with Crippen molar-refractivity contribution in [1.29, 1.82) is 0 Å². The second-order valence-corrected chi connectivity index (χ2v) is 5.46. The predicted molar refractivity (Wildman–Crippen MR) is 70.8 cm³/mol. The first-order valence-electron chi connectivity index (χ1n) is 7.00. The fourth-order valence-electron chi connectivity index (χ4n) is 1.78. The van der Waals surface area contributed by atoms with Crippen LogP contribution in [0, 0.1) is 11.8 Å². The highest BCUT2D eigenvalue weighted by Crippen LogP contribution is 2.10. The van der Waals surface area contributed by atoms with Crippen LogP contribution < -0.4 is 0 Å². The van der Waals surface area contributed by atoms with Gasteiger partial charge in [0.05, 0.1) is 51.8 Å². The predicted octanol–water partition coefficient (Wildman–Crippen LogP) is 2.12. The first kappa shape index (κ1) is 15.9. The van der Waals surface area contributed by atoms with E-state index in [-0.39, 0.29) is 12.2 Å². The SMILES string of the molecule is CC(C)C1COCCOC(C(C)C)COCCO1. The molecule has 1 aliphatic rings. The highest BCUT2D eigenvalue weighted by Gasteiger charge is 2.17. The van der Waals surface area contributed by atoms with Crippen molar-refractivity contribution in [2.24, 2.45) is 11.8 Å². The molecule has 0 bridgehead atoms. The molecule has 1 rings (SSSR count). The third kappa shape index (κ3) is 6.14. The number of rotatable bonds is 2. The van der Waals surface area contributed by atoms with E-state index in [2.05, 4.69) is 27.7 Å². The summed E-state index contributed by atoms with van der Waals surface area (Å²) in [6.07, 6.45) is 0.294. The molecule has 0 N–H and O–H groups in total. The van der Waals surface area contributed by atoms with Crippen LogP contribution in [0.3, 0.4) is 0 Å². The molecule has 0 amide bonds. The van der Waals surface area contributed by atoms with Crippen molar-refractivity contribution in [3.05, 3.63) is 0 Å². The first-order chi connectivity index (χ1) is 8.61. The van der Waals surface area contributed by atoms with E-state index in [4.69, 9.17) is 18.9 Å². The number of hydrogen-bond donors (Lipinski definition) is 0. The van der Waals surface area contributed by atoms with Gasteiger partial charge in [0.15, 0.2) is 0 Å². The van der Waals surface area contributed by atoms with Gasteiger partial charge in [-0.25, -0.2) is 0 Å². The molecule has 1 fully saturated rings. The average Bonchev–Trinajstić information content (AvgIpc) is 2.28. The normalized spacial score (nSPS) is 29.0. The summed E-state index contributed by atoms with van der Waals surface area (Å²) in [4.78, 5) is 0. The highest BCUT2D eigenvalue weighted by atomic mass is 16.6. The fourth-order valence-corrected chi connectivity index (χ4v) is 1.78. The van der Waals surface area contributed by atoms with Gasteiger partial charge in [0, 0.05) is 0 Å². The van der Waals surface area contributed by atoms with Gasteiger partial charge in [0.2, 0.25) is 0 Å². The minimum atomic E-state index is 0.147. The lowest BCUT2D eigenvalue weighted by Crippen LogP contribution is -2.32. The average molecular weight is 260 g/mol. The van der Waals surface area contributed by atoms with Crippen LogP contribution >= 0.6 is 0 Å². The molecule has 0 aromatic heterocycles. The molecule has 2 atom stereocenters. The standard InChI is InChI=1S/C14H28O4/c1-11(2)13-9-15-6-8-18-14(12(3)4)10-16-5-7-17-13/h11-14H,5-10H2,1-4H3. The highest BCUT2D eigenvalue weighted by molar-refractivity contribution is 4.64. The number of ether oxygens (including phenoxy) is 4. The van der Waals surface area contributed by atoms with Crippen LogP contribution in [-0.4, -0.2) is 51.8 Å². The van der Waals surface area contributed by atoms with Crippen molar-refractivity contribution < 1.29 is 18.9 Å². The van der Waals surface area contributed by atoms with Crippen LogP contribution in [0.15, 0.2) is 0 Å². The van der Waals surface area contributed by atoms with E-state index in [1.54, 1.807) is 0 Å². The van der Waals surface area contributed by atoms with Crippen molar-refractivity contribution in [3.63, 3.8) is 0 Å². The van der Waals surface area contributed by atoms with Gasteiger partial charge in [-0.15, -0.1) is 0 Å². The largest absolute Gasteiger partial charge is 0.376 e. The van der Waals surface area contributed by atoms with Gasteiger partial charge in [-0.3, -0.25) is 0 Å². The molecule has 0 aromatic rings. The van der Waals surface area contributed by atoms with Crippen molar-refractivity contribution in [2.75, 3.05) is 39.6 Å². The van der Waals surface area contributed by atoms with E-state index in [0.717, 1.165) is 0 Å². The Morgan fingerprint density at radius 2 is 1.06 bits per heavy atom. The lowest BCUT2D eigenvalue weighted by molar-refractivity contribution is -0.105. The third-order valence-electron chi connectivity index (χ3n) is 3.17. The summed E-state index contributed by atoms with van der Waals surface area (Å²) in [7, 11) is 0. The summed E-state index contributed by atoms with van der Waals surface area (Å²) in [6, 6.07) is 0. The summed E-state index contributed by atoms with van der Waals surface area (Å²) >= 11 is 0. The summed E-state index contributed by atoms with van der Waals surface area (Å²) in [5, 5.41) is 0. The third-order valence-corrected chi connectivity index (χ3v) is 3.17. The lowest BCUT2D eigenvalue weighted by Gasteiger charge is -2.25. The molecule has 2 unspecified atom stereocenters. The minimum absolute atomic E-state index is 0.147. The number of hydrogen-bond acceptors (Lipinski definition) is 4. The van der Waals surface area contributed by atoms with Crippen molar-refractivity contribution in [3.8, 4) is 0 Å². The molecular weight excluding hydrogens is 232 g/mol. The molecule has 0 aromatic carbocycles. The molecule has 1 saturated heterocycles. The van der Waals surface area contributed by atoms with E-state index < -0.39 is 0 Å². The van der Waals surface area contributed by atoms with Gasteiger partial charge in [-0.1, -0.05) is 27.7 Å². The molecular formula is C14H28O4. The Labute approximate surface area is 111 Å². The topological polar surface area (TPSA) is 36.9 Å². The Bertz CT molecular complexity index is 172. The van der Waals surface area contributed by atoms with Crippen LogP contribution in [-0.2, 0) is 18.9 Å². The van der Waals surface area contributed by atoms with E-state index in [9.17, 15) is 0 Å². The molecule has 1 heterocycles. The monoisotopic (exact) mass is 260 g/mol. The van der Waals surface area contributed by atoms with Gasteiger partial charge in [-0.2, -0.15) is 0 Å². The van der Waals surface area contributed by atoms with Crippen LogP contribution in [0.25, 0.3) is 0 Å². The van der Waals surface area contributed by atoms with Crippen molar-refractivity contribution in [1.82, 2.24) is 0 Å². The van der Waals surface area contributed by atoms with Gasteiger partial charge < -0.3 is 18.9 Å². The summed E-state index contributed by atoms with van der Waals surface area (Å²) in [5.41, 5.74) is 0. The van der Waals surface area contributed by atoms with Crippen molar-refractivity contribution in [2.45, 2.75) is 39.9 Å². The van der Waals surface area contributed by atoms with Gasteiger partial charge >= 0.3 is 0 Å². The van der Waals surface area contributed by atoms with E-state index in [1.807, 2.05) is 0 Å². The van der Waals surface area contributed by atoms with E-state index >= 15 is 0 Å². The molecule has 1 aliphatic heterocycles. The molecule has 108 valence electrons.